The smallest absolute Gasteiger partial charge is 0.283 e. The summed E-state index contributed by atoms with van der Waals surface area (Å²) in [6, 6.07) is 2.05. The summed E-state index contributed by atoms with van der Waals surface area (Å²) in [6.07, 6.45) is 3.80. The number of amides is 1. The summed E-state index contributed by atoms with van der Waals surface area (Å²) in [4.78, 5) is 10.6. The van der Waals surface area contributed by atoms with Crippen molar-refractivity contribution in [2.24, 2.45) is 5.73 Å². The second-order valence-corrected chi connectivity index (χ2v) is 3.03. The first kappa shape index (κ1) is 8.71. The van der Waals surface area contributed by atoms with E-state index in [2.05, 4.69) is 6.07 Å². The van der Waals surface area contributed by atoms with Crippen LogP contribution in [-0.4, -0.2) is 5.91 Å². The highest BCUT2D eigenvalue weighted by atomic mass is 16.1. The number of nitrogens with two attached hydrogens (primary N) is 1. The summed E-state index contributed by atoms with van der Waals surface area (Å²) < 4.78 is 1.80. The Kier molecular flexibility index (Phi) is 2.43. The van der Waals surface area contributed by atoms with Gasteiger partial charge in [0.15, 0.2) is 12.4 Å². The lowest BCUT2D eigenvalue weighted by atomic mass is 10.2. The first-order valence-corrected chi connectivity index (χ1v) is 3.83. The van der Waals surface area contributed by atoms with Gasteiger partial charge in [0, 0.05) is 11.1 Å². The predicted molar refractivity (Wildman–Crippen MR) is 45.3 cm³/mol. The summed E-state index contributed by atoms with van der Waals surface area (Å²) in [5.41, 5.74) is 7.34. The van der Waals surface area contributed by atoms with Gasteiger partial charge in [-0.2, -0.15) is 4.57 Å². The van der Waals surface area contributed by atoms with Crippen molar-refractivity contribution in [2.75, 3.05) is 0 Å². The zero-order valence-corrected chi connectivity index (χ0v) is 7.37. The van der Waals surface area contributed by atoms with Gasteiger partial charge in [0.2, 0.25) is 6.54 Å². The maximum atomic E-state index is 10.6. The van der Waals surface area contributed by atoms with Crippen LogP contribution in [0, 0.1) is 13.8 Å². The van der Waals surface area contributed by atoms with Gasteiger partial charge in [0.25, 0.3) is 5.91 Å². The van der Waals surface area contributed by atoms with Crippen LogP contribution in [0.5, 0.6) is 0 Å². The Morgan fingerprint density at radius 1 is 1.42 bits per heavy atom. The molecule has 0 radical (unpaired) electrons. The van der Waals surface area contributed by atoms with E-state index in [0.29, 0.717) is 0 Å². The third-order valence-electron chi connectivity index (χ3n) is 1.53. The van der Waals surface area contributed by atoms with Crippen LogP contribution in [0.1, 0.15) is 11.1 Å². The Morgan fingerprint density at radius 2 is 1.92 bits per heavy atom. The Bertz CT molecular complexity index is 287. The van der Waals surface area contributed by atoms with Gasteiger partial charge in [0.05, 0.1) is 0 Å². The van der Waals surface area contributed by atoms with Crippen molar-refractivity contribution in [1.29, 1.82) is 0 Å². The van der Waals surface area contributed by atoms with Crippen LogP contribution in [0.3, 0.4) is 0 Å². The zero-order chi connectivity index (χ0) is 9.14. The van der Waals surface area contributed by atoms with Gasteiger partial charge in [-0.15, -0.1) is 0 Å². The Hall–Kier alpha value is -1.38. The molecule has 1 rings (SSSR count). The molecule has 1 aromatic rings. The Morgan fingerprint density at radius 3 is 2.33 bits per heavy atom. The number of rotatable bonds is 2. The lowest BCUT2D eigenvalue weighted by Crippen LogP contribution is -2.40. The van der Waals surface area contributed by atoms with E-state index < -0.39 is 0 Å². The van der Waals surface area contributed by atoms with Gasteiger partial charge in [-0.1, -0.05) is 0 Å². The lowest BCUT2D eigenvalue weighted by Gasteiger charge is -1.96. The highest BCUT2D eigenvalue weighted by molar-refractivity contribution is 5.72. The summed E-state index contributed by atoms with van der Waals surface area (Å²) in [5, 5.41) is 0. The first-order chi connectivity index (χ1) is 5.58. The van der Waals surface area contributed by atoms with Crippen molar-refractivity contribution in [3.8, 4) is 0 Å². The summed E-state index contributed by atoms with van der Waals surface area (Å²) >= 11 is 0. The molecule has 0 bridgehead atoms. The Labute approximate surface area is 71.8 Å². The molecule has 3 heteroatoms. The lowest BCUT2D eigenvalue weighted by molar-refractivity contribution is -0.684. The zero-order valence-electron chi connectivity index (χ0n) is 7.37. The molecule has 1 aromatic heterocycles. The molecule has 3 nitrogen and oxygen atoms in total. The molecule has 1 heterocycles. The number of primary amides is 1. The quantitative estimate of drug-likeness (QED) is 0.620. The van der Waals surface area contributed by atoms with Crippen LogP contribution >= 0.6 is 0 Å². The molecule has 0 aliphatic rings. The van der Waals surface area contributed by atoms with E-state index in [-0.39, 0.29) is 12.5 Å². The van der Waals surface area contributed by atoms with Gasteiger partial charge in [-0.05, 0) is 19.9 Å². The van der Waals surface area contributed by atoms with Crippen LogP contribution in [-0.2, 0) is 11.3 Å². The average molecular weight is 165 g/mol. The fourth-order valence-corrected chi connectivity index (χ4v) is 1.27. The molecule has 0 aromatic carbocycles. The van der Waals surface area contributed by atoms with Gasteiger partial charge < -0.3 is 5.73 Å². The van der Waals surface area contributed by atoms with Crippen LogP contribution in [0.2, 0.25) is 0 Å². The molecule has 12 heavy (non-hydrogen) atoms. The molecule has 1 amide bonds. The summed E-state index contributed by atoms with van der Waals surface area (Å²) in [6.45, 7) is 4.23. The number of hydrogen-bond acceptors (Lipinski definition) is 1. The van der Waals surface area contributed by atoms with Crippen LogP contribution < -0.4 is 10.3 Å². The fourth-order valence-electron chi connectivity index (χ4n) is 1.27. The van der Waals surface area contributed by atoms with Crippen LogP contribution in [0.15, 0.2) is 18.5 Å². The number of nitrogens with zero attached hydrogens (tertiary/aromatic N) is 1. The van der Waals surface area contributed by atoms with Crippen molar-refractivity contribution in [1.82, 2.24) is 0 Å². The van der Waals surface area contributed by atoms with E-state index in [1.165, 1.54) is 0 Å². The SMILES string of the molecule is Cc1cc(C)c[n+](CC(N)=O)c1. The largest absolute Gasteiger partial charge is 0.364 e. The molecular weight excluding hydrogens is 152 g/mol. The summed E-state index contributed by atoms with van der Waals surface area (Å²) in [5.74, 6) is -0.315. The molecule has 2 N–H and O–H groups in total. The number of carbonyl (C=O) groups is 1. The van der Waals surface area contributed by atoms with E-state index >= 15 is 0 Å². The van der Waals surface area contributed by atoms with Crippen molar-refractivity contribution in [3.05, 3.63) is 29.6 Å². The second kappa shape index (κ2) is 3.34. The normalized spacial score (nSPS) is 9.83. The summed E-state index contributed by atoms with van der Waals surface area (Å²) in [7, 11) is 0. The van der Waals surface area contributed by atoms with Crippen molar-refractivity contribution >= 4 is 5.91 Å². The number of carbonyl (C=O) groups excluding carboxylic acids is 1. The maximum absolute atomic E-state index is 10.6. The highest BCUT2D eigenvalue weighted by Crippen LogP contribution is 1.96. The van der Waals surface area contributed by atoms with E-state index in [1.54, 1.807) is 4.57 Å². The third-order valence-corrected chi connectivity index (χ3v) is 1.53. The van der Waals surface area contributed by atoms with Crippen molar-refractivity contribution in [3.63, 3.8) is 0 Å². The molecule has 0 unspecified atom stereocenters. The van der Waals surface area contributed by atoms with Gasteiger partial charge in [-0.25, -0.2) is 0 Å². The molecule has 0 fully saturated rings. The Balaban J connectivity index is 2.93. The number of hydrogen-bond donors (Lipinski definition) is 1. The average Bonchev–Trinajstić information content (AvgIpc) is 1.81. The molecule has 0 saturated carbocycles. The molecule has 0 aliphatic carbocycles. The number of pyridine rings is 1. The van der Waals surface area contributed by atoms with E-state index in [4.69, 9.17) is 5.73 Å². The predicted octanol–water partition coefficient (Wildman–Crippen LogP) is 0.0762. The molecule has 0 spiro atoms. The van der Waals surface area contributed by atoms with Crippen molar-refractivity contribution in [2.45, 2.75) is 20.4 Å². The standard InChI is InChI=1S/C9H12N2O/c1-7-3-8(2)5-11(4-7)6-9(10)12/h3-5H,6H2,1-2H3,(H-,10,12)/p+1. The van der Waals surface area contributed by atoms with E-state index in [1.807, 2.05) is 26.2 Å². The fraction of sp³-hybridized carbons (Fsp3) is 0.333. The molecule has 0 atom stereocenters. The minimum Gasteiger partial charge on any atom is -0.364 e. The van der Waals surface area contributed by atoms with E-state index in [9.17, 15) is 4.79 Å². The topological polar surface area (TPSA) is 47.0 Å². The van der Waals surface area contributed by atoms with Gasteiger partial charge >= 0.3 is 0 Å². The minimum absolute atomic E-state index is 0.252. The van der Waals surface area contributed by atoms with Crippen LogP contribution in [0.4, 0.5) is 0 Å². The molecular formula is C9H13N2O+. The monoisotopic (exact) mass is 165 g/mol. The van der Waals surface area contributed by atoms with Crippen LogP contribution in [0.25, 0.3) is 0 Å². The maximum Gasteiger partial charge on any atom is 0.283 e. The highest BCUT2D eigenvalue weighted by Gasteiger charge is 2.05. The van der Waals surface area contributed by atoms with Crippen molar-refractivity contribution < 1.29 is 9.36 Å². The number of aryl methyl sites for hydroxylation is 2. The molecule has 64 valence electrons. The van der Waals surface area contributed by atoms with Gasteiger partial charge in [-0.3, -0.25) is 4.79 Å². The molecule has 0 saturated heterocycles. The van der Waals surface area contributed by atoms with E-state index in [0.717, 1.165) is 11.1 Å². The number of aromatic nitrogens is 1. The third kappa shape index (κ3) is 2.34. The van der Waals surface area contributed by atoms with Gasteiger partial charge in [0.1, 0.15) is 0 Å². The molecule has 0 aliphatic heterocycles. The second-order valence-electron chi connectivity index (χ2n) is 3.03. The minimum atomic E-state index is -0.315. The first-order valence-electron chi connectivity index (χ1n) is 3.83.